The number of amides is 1. The molecular weight excluding hydrogens is 325 g/mol. The van der Waals surface area contributed by atoms with Crippen molar-refractivity contribution in [1.82, 2.24) is 10.2 Å². The van der Waals surface area contributed by atoms with Crippen molar-refractivity contribution < 1.29 is 18.0 Å². The Labute approximate surface area is 133 Å². The number of nitriles is 1. The monoisotopic (exact) mass is 336 g/mol. The Bertz CT molecular complexity index is 910. The van der Waals surface area contributed by atoms with Gasteiger partial charge in [-0.3, -0.25) is 9.59 Å². The topological polar surface area (TPSA) is 98.6 Å². The molecule has 1 aromatic heterocycles. The molecule has 2 aromatic rings. The van der Waals surface area contributed by atoms with Crippen LogP contribution in [0.25, 0.3) is 0 Å². The Balaban J connectivity index is 2.43. The molecule has 124 valence electrons. The number of hydrogen-bond donors (Lipinski definition) is 2. The van der Waals surface area contributed by atoms with Crippen LogP contribution in [0.3, 0.4) is 0 Å². The van der Waals surface area contributed by atoms with Crippen molar-refractivity contribution in [3.63, 3.8) is 0 Å². The van der Waals surface area contributed by atoms with Gasteiger partial charge in [0.1, 0.15) is 5.56 Å². The minimum Gasteiger partial charge on any atom is -0.322 e. The largest absolute Gasteiger partial charge is 0.417 e. The number of alkyl halides is 3. The van der Waals surface area contributed by atoms with E-state index >= 15 is 0 Å². The van der Waals surface area contributed by atoms with Crippen LogP contribution in [0.4, 0.5) is 18.9 Å². The molecule has 0 saturated heterocycles. The molecule has 9 heteroatoms. The van der Waals surface area contributed by atoms with E-state index in [-0.39, 0.29) is 11.3 Å². The van der Waals surface area contributed by atoms with Crippen LogP contribution < -0.4 is 10.9 Å². The predicted molar refractivity (Wildman–Crippen MR) is 78.4 cm³/mol. The first-order valence-corrected chi connectivity index (χ1v) is 6.63. The summed E-state index contributed by atoms with van der Waals surface area (Å²) in [5.41, 5.74) is -2.16. The van der Waals surface area contributed by atoms with E-state index in [4.69, 9.17) is 5.26 Å². The van der Waals surface area contributed by atoms with Crippen molar-refractivity contribution >= 4 is 11.6 Å². The summed E-state index contributed by atoms with van der Waals surface area (Å²) in [6, 6.07) is 4.20. The number of carbonyl (C=O) groups is 1. The summed E-state index contributed by atoms with van der Waals surface area (Å²) in [6.07, 6.45) is -4.74. The highest BCUT2D eigenvalue weighted by Gasteiger charge is 2.34. The molecular formula is C15H11F3N4O2. The van der Waals surface area contributed by atoms with Crippen molar-refractivity contribution in [2.45, 2.75) is 20.0 Å². The molecule has 1 amide bonds. The van der Waals surface area contributed by atoms with Crippen molar-refractivity contribution in [2.24, 2.45) is 0 Å². The molecule has 0 aliphatic carbocycles. The number of rotatable bonds is 2. The van der Waals surface area contributed by atoms with E-state index in [0.717, 1.165) is 12.1 Å². The van der Waals surface area contributed by atoms with E-state index in [0.29, 0.717) is 17.3 Å². The Morgan fingerprint density at radius 3 is 2.58 bits per heavy atom. The normalized spacial score (nSPS) is 11.0. The molecule has 2 rings (SSSR count). The highest BCUT2D eigenvalue weighted by atomic mass is 19.4. The van der Waals surface area contributed by atoms with Gasteiger partial charge in [0.15, 0.2) is 0 Å². The van der Waals surface area contributed by atoms with Crippen molar-refractivity contribution in [2.75, 3.05) is 5.32 Å². The zero-order valence-electron chi connectivity index (χ0n) is 12.6. The van der Waals surface area contributed by atoms with Crippen molar-refractivity contribution in [1.29, 1.82) is 5.26 Å². The maximum Gasteiger partial charge on any atom is 0.417 e. The fourth-order valence-electron chi connectivity index (χ4n) is 2.05. The lowest BCUT2D eigenvalue weighted by Crippen LogP contribution is -2.26. The zero-order chi connectivity index (χ0) is 18.1. The van der Waals surface area contributed by atoms with Gasteiger partial charge in [-0.1, -0.05) is 0 Å². The molecule has 0 saturated carbocycles. The summed E-state index contributed by atoms with van der Waals surface area (Å²) >= 11 is 0. The summed E-state index contributed by atoms with van der Waals surface area (Å²) in [6.45, 7) is 3.08. The van der Waals surface area contributed by atoms with Crippen LogP contribution >= 0.6 is 0 Å². The van der Waals surface area contributed by atoms with E-state index in [2.05, 4.69) is 15.5 Å². The molecule has 6 nitrogen and oxygen atoms in total. The summed E-state index contributed by atoms with van der Waals surface area (Å²) < 4.78 is 38.8. The number of aromatic nitrogens is 2. The molecule has 0 radical (unpaired) electrons. The third-order valence-corrected chi connectivity index (χ3v) is 3.40. The van der Waals surface area contributed by atoms with Gasteiger partial charge in [0.05, 0.1) is 22.9 Å². The number of H-pyrrole nitrogens is 1. The number of halogens is 3. The number of nitrogens with one attached hydrogen (secondary N) is 2. The van der Waals surface area contributed by atoms with Crippen LogP contribution in [0.15, 0.2) is 23.0 Å². The molecule has 0 unspecified atom stereocenters. The number of hydrogen-bond acceptors (Lipinski definition) is 4. The average Bonchev–Trinajstić information content (AvgIpc) is 2.50. The van der Waals surface area contributed by atoms with E-state index < -0.39 is 28.8 Å². The van der Waals surface area contributed by atoms with Crippen molar-refractivity contribution in [3.05, 3.63) is 56.5 Å². The van der Waals surface area contributed by atoms with Gasteiger partial charge >= 0.3 is 6.18 Å². The fraction of sp³-hybridized carbons (Fsp3) is 0.200. The molecule has 0 aliphatic rings. The van der Waals surface area contributed by atoms with Gasteiger partial charge in [0, 0.05) is 5.69 Å². The summed E-state index contributed by atoms with van der Waals surface area (Å²) in [4.78, 5) is 24.0. The molecule has 24 heavy (non-hydrogen) atoms. The standard InChI is InChI=1S/C15H11F3N4O2/c1-7-8(2)21-22-14(24)12(7)13(23)20-10-4-3-9(6-19)11(5-10)15(16,17)18/h3-5H,1-2H3,(H,20,23)(H,22,24). The van der Waals surface area contributed by atoms with E-state index in [9.17, 15) is 22.8 Å². The van der Waals surface area contributed by atoms with Gasteiger partial charge in [0.25, 0.3) is 11.5 Å². The summed E-state index contributed by atoms with van der Waals surface area (Å²) in [7, 11) is 0. The number of aromatic amines is 1. The van der Waals surface area contributed by atoms with E-state index in [1.54, 1.807) is 6.92 Å². The molecule has 1 heterocycles. The molecule has 0 aliphatic heterocycles. The number of carbonyl (C=O) groups excluding carboxylic acids is 1. The first-order valence-electron chi connectivity index (χ1n) is 6.63. The van der Waals surface area contributed by atoms with Gasteiger partial charge in [-0.2, -0.15) is 23.5 Å². The predicted octanol–water partition coefficient (Wildman–Crippen LogP) is 2.53. The Morgan fingerprint density at radius 2 is 2.00 bits per heavy atom. The molecule has 0 bridgehead atoms. The van der Waals surface area contributed by atoms with E-state index in [1.165, 1.54) is 13.0 Å². The maximum atomic E-state index is 12.9. The summed E-state index contributed by atoms with van der Waals surface area (Å²) in [5.74, 6) is -0.864. The lowest BCUT2D eigenvalue weighted by atomic mass is 10.1. The number of benzene rings is 1. The van der Waals surface area contributed by atoms with Crippen LogP contribution in [0.1, 0.15) is 32.7 Å². The van der Waals surface area contributed by atoms with Gasteiger partial charge in [-0.25, -0.2) is 5.10 Å². The van der Waals surface area contributed by atoms with Gasteiger partial charge < -0.3 is 5.32 Å². The lowest BCUT2D eigenvalue weighted by Gasteiger charge is -2.12. The zero-order valence-corrected chi connectivity index (χ0v) is 12.6. The third-order valence-electron chi connectivity index (χ3n) is 3.40. The Morgan fingerprint density at radius 1 is 1.33 bits per heavy atom. The SMILES string of the molecule is Cc1n[nH]c(=O)c(C(=O)Nc2ccc(C#N)c(C(F)(F)F)c2)c1C. The number of nitrogens with zero attached hydrogens (tertiary/aromatic N) is 2. The van der Waals surface area contributed by atoms with E-state index in [1.807, 2.05) is 0 Å². The second-order valence-electron chi connectivity index (χ2n) is 4.96. The minimum absolute atomic E-state index is 0.181. The fourth-order valence-corrected chi connectivity index (χ4v) is 2.05. The average molecular weight is 336 g/mol. The lowest BCUT2D eigenvalue weighted by molar-refractivity contribution is -0.137. The first-order chi connectivity index (χ1) is 11.1. The van der Waals surface area contributed by atoms with Crippen LogP contribution in [0.5, 0.6) is 0 Å². The van der Waals surface area contributed by atoms with Crippen LogP contribution in [0.2, 0.25) is 0 Å². The molecule has 2 N–H and O–H groups in total. The second-order valence-corrected chi connectivity index (χ2v) is 4.96. The number of anilines is 1. The van der Waals surface area contributed by atoms with Crippen LogP contribution in [-0.2, 0) is 6.18 Å². The highest BCUT2D eigenvalue weighted by molar-refractivity contribution is 6.05. The van der Waals surface area contributed by atoms with Gasteiger partial charge in [0.2, 0.25) is 0 Å². The molecule has 0 fully saturated rings. The Hall–Kier alpha value is -3.15. The summed E-state index contributed by atoms with van der Waals surface area (Å²) in [5, 5.41) is 16.8. The first kappa shape index (κ1) is 17.2. The molecule has 0 spiro atoms. The van der Waals surface area contributed by atoms with Crippen LogP contribution in [-0.4, -0.2) is 16.1 Å². The highest BCUT2D eigenvalue weighted by Crippen LogP contribution is 2.33. The smallest absolute Gasteiger partial charge is 0.322 e. The quantitative estimate of drug-likeness (QED) is 0.880. The minimum atomic E-state index is -4.74. The number of aryl methyl sites for hydroxylation is 1. The van der Waals surface area contributed by atoms with Crippen molar-refractivity contribution in [3.8, 4) is 6.07 Å². The molecule has 1 aromatic carbocycles. The van der Waals surface area contributed by atoms with Gasteiger partial charge in [-0.05, 0) is 37.6 Å². The molecule has 0 atom stereocenters. The Kier molecular flexibility index (Phi) is 4.41. The third kappa shape index (κ3) is 3.27. The van der Waals surface area contributed by atoms with Gasteiger partial charge in [-0.15, -0.1) is 0 Å². The maximum absolute atomic E-state index is 12.9. The second kappa shape index (κ2) is 6.16. The van der Waals surface area contributed by atoms with Crippen LogP contribution in [0, 0.1) is 25.2 Å².